The topological polar surface area (TPSA) is 25.2 Å². The van der Waals surface area contributed by atoms with E-state index in [1.54, 1.807) is 11.8 Å². The van der Waals surface area contributed by atoms with Gasteiger partial charge in [0.25, 0.3) is 0 Å². The van der Waals surface area contributed by atoms with E-state index in [4.69, 9.17) is 4.42 Å². The number of hydrogen-bond donors (Lipinski definition) is 1. The Labute approximate surface area is 89.5 Å². The van der Waals surface area contributed by atoms with Crippen LogP contribution in [-0.2, 0) is 12.3 Å². The molecule has 0 aromatic carbocycles. The summed E-state index contributed by atoms with van der Waals surface area (Å²) in [4.78, 5) is 0. The molecule has 3 heteroatoms. The van der Waals surface area contributed by atoms with E-state index in [2.05, 4.69) is 23.4 Å². The second-order valence-electron chi connectivity index (χ2n) is 2.83. The molecule has 0 saturated heterocycles. The van der Waals surface area contributed by atoms with Crippen molar-refractivity contribution in [2.45, 2.75) is 19.2 Å². The summed E-state index contributed by atoms with van der Waals surface area (Å²) in [6.07, 6.45) is 2.07. The third-order valence-electron chi connectivity index (χ3n) is 1.69. The predicted molar refractivity (Wildman–Crippen MR) is 61.1 cm³/mol. The Morgan fingerprint density at radius 3 is 2.93 bits per heavy atom. The summed E-state index contributed by atoms with van der Waals surface area (Å²) in [7, 11) is 0. The van der Waals surface area contributed by atoms with E-state index in [1.165, 1.54) is 0 Å². The van der Waals surface area contributed by atoms with Gasteiger partial charge in [0.1, 0.15) is 11.5 Å². The van der Waals surface area contributed by atoms with Crippen LogP contribution in [0.15, 0.2) is 16.5 Å². The van der Waals surface area contributed by atoms with Crippen molar-refractivity contribution in [1.29, 1.82) is 0 Å². The smallest absolute Gasteiger partial charge is 0.118 e. The molecule has 1 aromatic rings. The SMILES string of the molecule is CC#CCNCc1ccc(CSC)o1. The van der Waals surface area contributed by atoms with Crippen molar-refractivity contribution in [2.75, 3.05) is 12.8 Å². The highest BCUT2D eigenvalue weighted by Gasteiger charge is 1.99. The summed E-state index contributed by atoms with van der Waals surface area (Å²) in [6.45, 7) is 3.31. The summed E-state index contributed by atoms with van der Waals surface area (Å²) in [5, 5.41) is 3.18. The van der Waals surface area contributed by atoms with Crippen molar-refractivity contribution in [3.8, 4) is 11.8 Å². The van der Waals surface area contributed by atoms with Crippen LogP contribution in [0.25, 0.3) is 0 Å². The van der Waals surface area contributed by atoms with Gasteiger partial charge in [0.2, 0.25) is 0 Å². The lowest BCUT2D eigenvalue weighted by atomic mass is 10.4. The van der Waals surface area contributed by atoms with Gasteiger partial charge in [-0.2, -0.15) is 11.8 Å². The molecule has 0 atom stereocenters. The molecule has 2 nitrogen and oxygen atoms in total. The number of rotatable bonds is 5. The molecule has 1 rings (SSSR count). The van der Waals surface area contributed by atoms with Gasteiger partial charge in [-0.25, -0.2) is 0 Å². The fourth-order valence-corrected chi connectivity index (χ4v) is 1.51. The largest absolute Gasteiger partial charge is 0.464 e. The highest BCUT2D eigenvalue weighted by Crippen LogP contribution is 2.12. The Morgan fingerprint density at radius 1 is 1.43 bits per heavy atom. The van der Waals surface area contributed by atoms with Crippen molar-refractivity contribution in [3.63, 3.8) is 0 Å². The third-order valence-corrected chi connectivity index (χ3v) is 2.27. The molecule has 1 N–H and O–H groups in total. The van der Waals surface area contributed by atoms with Gasteiger partial charge in [-0.05, 0) is 25.3 Å². The molecule has 0 saturated carbocycles. The second kappa shape index (κ2) is 6.58. The first-order valence-electron chi connectivity index (χ1n) is 4.53. The fraction of sp³-hybridized carbons (Fsp3) is 0.455. The molecular formula is C11H15NOS. The summed E-state index contributed by atoms with van der Waals surface area (Å²) in [6, 6.07) is 4.04. The molecule has 76 valence electrons. The molecule has 0 amide bonds. The molecule has 14 heavy (non-hydrogen) atoms. The molecule has 1 aromatic heterocycles. The lowest BCUT2D eigenvalue weighted by Gasteiger charge is -1.96. The number of hydrogen-bond acceptors (Lipinski definition) is 3. The van der Waals surface area contributed by atoms with Gasteiger partial charge in [0, 0.05) is 0 Å². The van der Waals surface area contributed by atoms with Crippen LogP contribution >= 0.6 is 11.8 Å². The first kappa shape index (κ1) is 11.2. The van der Waals surface area contributed by atoms with Crippen LogP contribution in [0.3, 0.4) is 0 Å². The lowest BCUT2D eigenvalue weighted by molar-refractivity contribution is 0.466. The highest BCUT2D eigenvalue weighted by molar-refractivity contribution is 7.97. The molecular weight excluding hydrogens is 194 g/mol. The highest BCUT2D eigenvalue weighted by atomic mass is 32.2. The Balaban J connectivity index is 2.31. The average Bonchev–Trinajstić information content (AvgIpc) is 2.61. The van der Waals surface area contributed by atoms with Gasteiger partial charge in [-0.3, -0.25) is 5.32 Å². The van der Waals surface area contributed by atoms with Crippen molar-refractivity contribution < 1.29 is 4.42 Å². The fourth-order valence-electron chi connectivity index (χ4n) is 1.07. The monoisotopic (exact) mass is 209 g/mol. The van der Waals surface area contributed by atoms with Crippen LogP contribution in [0.1, 0.15) is 18.4 Å². The zero-order valence-corrected chi connectivity index (χ0v) is 9.41. The summed E-state index contributed by atoms with van der Waals surface area (Å²) in [5.74, 6) is 8.73. The molecule has 1 heterocycles. The first-order valence-corrected chi connectivity index (χ1v) is 5.93. The van der Waals surface area contributed by atoms with E-state index in [0.717, 1.165) is 30.4 Å². The minimum atomic E-state index is 0.717. The van der Waals surface area contributed by atoms with E-state index in [9.17, 15) is 0 Å². The normalized spacial score (nSPS) is 9.57. The maximum Gasteiger partial charge on any atom is 0.118 e. The van der Waals surface area contributed by atoms with Crippen molar-refractivity contribution in [2.24, 2.45) is 0 Å². The summed E-state index contributed by atoms with van der Waals surface area (Å²) >= 11 is 1.76. The van der Waals surface area contributed by atoms with Crippen LogP contribution in [-0.4, -0.2) is 12.8 Å². The number of thioether (sulfide) groups is 1. The second-order valence-corrected chi connectivity index (χ2v) is 3.70. The maximum absolute atomic E-state index is 5.57. The van der Waals surface area contributed by atoms with Crippen LogP contribution in [0.4, 0.5) is 0 Å². The zero-order chi connectivity index (χ0) is 10.2. The van der Waals surface area contributed by atoms with Crippen LogP contribution in [0.5, 0.6) is 0 Å². The standard InChI is InChI=1S/C11H15NOS/c1-3-4-7-12-8-10-5-6-11(13-10)9-14-2/h5-6,12H,7-9H2,1-2H3. The van der Waals surface area contributed by atoms with Crippen LogP contribution in [0.2, 0.25) is 0 Å². The molecule has 0 spiro atoms. The molecule has 0 radical (unpaired) electrons. The number of nitrogens with one attached hydrogen (secondary N) is 1. The average molecular weight is 209 g/mol. The van der Waals surface area contributed by atoms with E-state index < -0.39 is 0 Å². The Kier molecular flexibility index (Phi) is 5.28. The van der Waals surface area contributed by atoms with E-state index in [0.29, 0.717) is 0 Å². The third kappa shape index (κ3) is 3.91. The van der Waals surface area contributed by atoms with Crippen molar-refractivity contribution in [3.05, 3.63) is 23.7 Å². The van der Waals surface area contributed by atoms with Gasteiger partial charge >= 0.3 is 0 Å². The van der Waals surface area contributed by atoms with Gasteiger partial charge in [-0.15, -0.1) is 5.92 Å². The minimum Gasteiger partial charge on any atom is -0.464 e. The Morgan fingerprint density at radius 2 is 2.21 bits per heavy atom. The molecule has 0 aliphatic rings. The molecule has 0 unspecified atom stereocenters. The lowest BCUT2D eigenvalue weighted by Crippen LogP contribution is -2.12. The summed E-state index contributed by atoms with van der Waals surface area (Å²) in [5.41, 5.74) is 0. The Hall–Kier alpha value is -0.850. The van der Waals surface area contributed by atoms with Crippen molar-refractivity contribution >= 4 is 11.8 Å². The quantitative estimate of drug-likeness (QED) is 0.595. The van der Waals surface area contributed by atoms with E-state index >= 15 is 0 Å². The maximum atomic E-state index is 5.57. The van der Waals surface area contributed by atoms with Gasteiger partial charge in [0.15, 0.2) is 0 Å². The van der Waals surface area contributed by atoms with Crippen molar-refractivity contribution in [1.82, 2.24) is 5.32 Å². The minimum absolute atomic E-state index is 0.717. The molecule has 0 bridgehead atoms. The predicted octanol–water partition coefficient (Wildman–Crippen LogP) is 2.26. The van der Waals surface area contributed by atoms with E-state index in [1.807, 2.05) is 19.1 Å². The van der Waals surface area contributed by atoms with Gasteiger partial charge in [-0.1, -0.05) is 5.92 Å². The number of furan rings is 1. The van der Waals surface area contributed by atoms with E-state index in [-0.39, 0.29) is 0 Å². The Bertz CT molecular complexity index is 322. The molecule has 0 aliphatic heterocycles. The first-order chi connectivity index (χ1) is 6.86. The summed E-state index contributed by atoms with van der Waals surface area (Å²) < 4.78 is 5.57. The molecule has 0 aliphatic carbocycles. The van der Waals surface area contributed by atoms with Gasteiger partial charge < -0.3 is 4.42 Å². The van der Waals surface area contributed by atoms with Crippen LogP contribution in [0, 0.1) is 11.8 Å². The van der Waals surface area contributed by atoms with Crippen LogP contribution < -0.4 is 5.32 Å². The van der Waals surface area contributed by atoms with Gasteiger partial charge in [0.05, 0.1) is 18.8 Å². The zero-order valence-electron chi connectivity index (χ0n) is 8.59. The molecule has 0 fully saturated rings.